The Morgan fingerprint density at radius 2 is 1.75 bits per heavy atom. The van der Waals surface area contributed by atoms with Crippen molar-refractivity contribution in [3.05, 3.63) is 101 Å². The van der Waals surface area contributed by atoms with Gasteiger partial charge in [0.2, 0.25) is 10.0 Å². The summed E-state index contributed by atoms with van der Waals surface area (Å²) in [4.78, 5) is 12.7. The van der Waals surface area contributed by atoms with Crippen LogP contribution in [0.5, 0.6) is 0 Å². The quantitative estimate of drug-likeness (QED) is 0.645. The maximum atomic E-state index is 14.0. The predicted octanol–water partition coefficient (Wildman–Crippen LogP) is 3.57. The third-order valence-corrected chi connectivity index (χ3v) is 7.29. The summed E-state index contributed by atoms with van der Waals surface area (Å²) in [5, 5.41) is 11.9. The van der Waals surface area contributed by atoms with E-state index in [1.54, 1.807) is 6.07 Å². The number of amides is 1. The van der Waals surface area contributed by atoms with Crippen LogP contribution in [-0.4, -0.2) is 25.2 Å². The molecule has 1 atom stereocenters. The van der Waals surface area contributed by atoms with Crippen molar-refractivity contribution < 1.29 is 17.6 Å². The largest absolute Gasteiger partial charge is 0.332 e. The number of halogens is 1. The summed E-state index contributed by atoms with van der Waals surface area (Å²) in [5.74, 6) is -1.28. The lowest BCUT2D eigenvalue weighted by molar-refractivity contribution is 0.0944. The number of hydrogen-bond donors (Lipinski definition) is 1. The Hall–Kier alpha value is -3.54. The summed E-state index contributed by atoms with van der Waals surface area (Å²) >= 11 is 0. The van der Waals surface area contributed by atoms with Crippen LogP contribution in [0.15, 0.2) is 77.7 Å². The van der Waals surface area contributed by atoms with Crippen molar-refractivity contribution in [3.63, 3.8) is 0 Å². The van der Waals surface area contributed by atoms with E-state index in [4.69, 9.17) is 0 Å². The normalized spacial score (nSPS) is 14.8. The lowest BCUT2D eigenvalue weighted by Gasteiger charge is -2.28. The molecule has 0 saturated carbocycles. The van der Waals surface area contributed by atoms with Gasteiger partial charge in [-0.15, -0.1) is 0 Å². The summed E-state index contributed by atoms with van der Waals surface area (Å²) in [7, 11) is -3.83. The van der Waals surface area contributed by atoms with E-state index in [0.717, 1.165) is 11.1 Å². The number of carbonyl (C=O) groups is 1. The second-order valence-electron chi connectivity index (χ2n) is 7.44. The highest BCUT2D eigenvalue weighted by Crippen LogP contribution is 2.25. The van der Waals surface area contributed by atoms with Crippen LogP contribution in [0.2, 0.25) is 0 Å². The Morgan fingerprint density at radius 1 is 1.03 bits per heavy atom. The fourth-order valence-corrected chi connectivity index (χ4v) is 5.19. The molecule has 0 radical (unpaired) electrons. The van der Waals surface area contributed by atoms with Crippen LogP contribution >= 0.6 is 0 Å². The molecule has 3 aromatic carbocycles. The Morgan fingerprint density at radius 3 is 2.50 bits per heavy atom. The first-order valence-electron chi connectivity index (χ1n) is 10.0. The van der Waals surface area contributed by atoms with Crippen molar-refractivity contribution in [1.29, 1.82) is 5.26 Å². The van der Waals surface area contributed by atoms with Gasteiger partial charge in [-0.2, -0.15) is 9.57 Å². The zero-order valence-corrected chi connectivity index (χ0v) is 17.8. The zero-order chi connectivity index (χ0) is 22.7. The van der Waals surface area contributed by atoms with Gasteiger partial charge in [-0.25, -0.2) is 12.8 Å². The van der Waals surface area contributed by atoms with Crippen LogP contribution in [0.3, 0.4) is 0 Å². The van der Waals surface area contributed by atoms with Gasteiger partial charge in [-0.1, -0.05) is 48.5 Å². The molecule has 1 unspecified atom stereocenters. The molecule has 0 spiro atoms. The molecule has 1 aliphatic heterocycles. The summed E-state index contributed by atoms with van der Waals surface area (Å²) in [5.41, 5.74) is 2.19. The third kappa shape index (κ3) is 4.26. The molecule has 1 N–H and O–H groups in total. The van der Waals surface area contributed by atoms with E-state index in [-0.39, 0.29) is 22.6 Å². The van der Waals surface area contributed by atoms with Crippen LogP contribution in [0.25, 0.3) is 0 Å². The highest BCUT2D eigenvalue weighted by atomic mass is 32.2. The maximum Gasteiger partial charge on any atom is 0.252 e. The van der Waals surface area contributed by atoms with E-state index in [9.17, 15) is 22.9 Å². The van der Waals surface area contributed by atoms with Crippen LogP contribution in [-0.2, 0) is 23.0 Å². The van der Waals surface area contributed by atoms with Crippen molar-refractivity contribution in [2.45, 2.75) is 23.9 Å². The van der Waals surface area contributed by atoms with Gasteiger partial charge in [0.1, 0.15) is 11.9 Å². The minimum atomic E-state index is -3.83. The summed E-state index contributed by atoms with van der Waals surface area (Å²) in [6, 6.07) is 19.7. The first kappa shape index (κ1) is 21.7. The highest BCUT2D eigenvalue weighted by molar-refractivity contribution is 7.89. The standard InChI is InChI=1S/C24H20FN3O3S/c25-22-11-4-3-10-21(22)23(15-26)27-24(29)18-8-5-9-20(14-18)32(30,31)28-13-12-17-6-1-2-7-19(17)16-28/h1-11,14,23H,12-13,16H2,(H,27,29). The zero-order valence-electron chi connectivity index (χ0n) is 17.0. The Balaban J connectivity index is 1.56. The molecule has 1 heterocycles. The van der Waals surface area contributed by atoms with E-state index < -0.39 is 27.8 Å². The number of hydrogen-bond acceptors (Lipinski definition) is 4. The molecule has 0 aromatic heterocycles. The highest BCUT2D eigenvalue weighted by Gasteiger charge is 2.29. The number of sulfonamides is 1. The lowest BCUT2D eigenvalue weighted by Crippen LogP contribution is -2.36. The van der Waals surface area contributed by atoms with Crippen LogP contribution in [0.1, 0.15) is 33.1 Å². The van der Waals surface area contributed by atoms with Crippen molar-refractivity contribution in [2.24, 2.45) is 0 Å². The molecule has 32 heavy (non-hydrogen) atoms. The van der Waals surface area contributed by atoms with E-state index in [1.807, 2.05) is 30.3 Å². The van der Waals surface area contributed by atoms with Gasteiger partial charge >= 0.3 is 0 Å². The van der Waals surface area contributed by atoms with E-state index in [1.165, 1.54) is 46.8 Å². The molecular weight excluding hydrogens is 429 g/mol. The second kappa shape index (κ2) is 8.91. The van der Waals surface area contributed by atoms with Gasteiger partial charge in [0, 0.05) is 24.2 Å². The number of benzene rings is 3. The first-order chi connectivity index (χ1) is 15.4. The number of rotatable bonds is 5. The Bertz CT molecular complexity index is 1320. The SMILES string of the molecule is N#CC(NC(=O)c1cccc(S(=O)(=O)N2CCc3ccccc3C2)c1)c1ccccc1F. The molecule has 0 saturated heterocycles. The van der Waals surface area contributed by atoms with E-state index in [2.05, 4.69) is 5.32 Å². The molecule has 0 fully saturated rings. The first-order valence-corrected chi connectivity index (χ1v) is 11.5. The van der Waals surface area contributed by atoms with Gasteiger partial charge in [0.15, 0.2) is 0 Å². The van der Waals surface area contributed by atoms with Crippen molar-refractivity contribution in [2.75, 3.05) is 6.54 Å². The van der Waals surface area contributed by atoms with Gasteiger partial charge < -0.3 is 5.32 Å². The molecule has 1 aliphatic rings. The molecule has 162 valence electrons. The third-order valence-electron chi connectivity index (χ3n) is 5.45. The Labute approximate surface area is 186 Å². The van der Waals surface area contributed by atoms with Crippen molar-refractivity contribution in [1.82, 2.24) is 9.62 Å². The molecule has 0 bridgehead atoms. The van der Waals surface area contributed by atoms with Gasteiger partial charge in [-0.05, 0) is 41.8 Å². The number of carbonyl (C=O) groups excluding carboxylic acids is 1. The predicted molar refractivity (Wildman–Crippen MR) is 116 cm³/mol. The monoisotopic (exact) mass is 449 g/mol. The van der Waals surface area contributed by atoms with E-state index in [0.29, 0.717) is 13.0 Å². The van der Waals surface area contributed by atoms with Gasteiger partial charge in [-0.3, -0.25) is 4.79 Å². The molecule has 1 amide bonds. The average molecular weight is 450 g/mol. The smallest absolute Gasteiger partial charge is 0.252 e. The van der Waals surface area contributed by atoms with Gasteiger partial charge in [0.05, 0.1) is 11.0 Å². The van der Waals surface area contributed by atoms with Crippen molar-refractivity contribution >= 4 is 15.9 Å². The molecule has 6 nitrogen and oxygen atoms in total. The topological polar surface area (TPSA) is 90.3 Å². The van der Waals surface area contributed by atoms with Crippen LogP contribution < -0.4 is 5.32 Å². The minimum absolute atomic E-state index is 0.0102. The lowest BCUT2D eigenvalue weighted by atomic mass is 10.0. The molecule has 0 aliphatic carbocycles. The molecular formula is C24H20FN3O3S. The van der Waals surface area contributed by atoms with E-state index >= 15 is 0 Å². The fraction of sp³-hybridized carbons (Fsp3) is 0.167. The molecule has 8 heteroatoms. The summed E-state index contributed by atoms with van der Waals surface area (Å²) < 4.78 is 41.8. The molecule has 4 rings (SSSR count). The van der Waals surface area contributed by atoms with Crippen LogP contribution in [0.4, 0.5) is 4.39 Å². The number of nitrogens with one attached hydrogen (secondary N) is 1. The molecule has 3 aromatic rings. The second-order valence-corrected chi connectivity index (χ2v) is 9.38. The number of nitrogens with zero attached hydrogens (tertiary/aromatic N) is 2. The number of nitriles is 1. The Kier molecular flexibility index (Phi) is 6.04. The minimum Gasteiger partial charge on any atom is -0.332 e. The van der Waals surface area contributed by atoms with Crippen LogP contribution in [0, 0.1) is 17.1 Å². The average Bonchev–Trinajstić information content (AvgIpc) is 2.82. The maximum absolute atomic E-state index is 14.0. The summed E-state index contributed by atoms with van der Waals surface area (Å²) in [6.07, 6.45) is 0.613. The van der Waals surface area contributed by atoms with Crippen molar-refractivity contribution in [3.8, 4) is 6.07 Å². The fourth-order valence-electron chi connectivity index (χ4n) is 3.73. The van der Waals surface area contributed by atoms with Gasteiger partial charge in [0.25, 0.3) is 5.91 Å². The number of fused-ring (bicyclic) bond motifs is 1. The summed E-state index contributed by atoms with van der Waals surface area (Å²) in [6.45, 7) is 0.609.